The second-order valence-corrected chi connectivity index (χ2v) is 7.53. The second-order valence-electron chi connectivity index (χ2n) is 6.67. The van der Waals surface area contributed by atoms with Gasteiger partial charge in [-0.3, -0.25) is 4.68 Å². The molecule has 1 fully saturated rings. The molecule has 1 aromatic heterocycles. The quantitative estimate of drug-likeness (QED) is 0.813. The largest absolute Gasteiger partial charge is 0.386 e. The Morgan fingerprint density at radius 2 is 2.05 bits per heavy atom. The summed E-state index contributed by atoms with van der Waals surface area (Å²) in [6.45, 7) is 7.53. The van der Waals surface area contributed by atoms with Gasteiger partial charge in [0.05, 0.1) is 16.4 Å². The number of aryl methyl sites for hydroxylation is 1. The zero-order valence-electron chi connectivity index (χ0n) is 12.9. The van der Waals surface area contributed by atoms with Crippen LogP contribution in [-0.4, -0.2) is 14.9 Å². The summed E-state index contributed by atoms with van der Waals surface area (Å²) in [6, 6.07) is 0. The van der Waals surface area contributed by atoms with E-state index < -0.39 is 6.10 Å². The molecule has 3 nitrogen and oxygen atoms in total. The van der Waals surface area contributed by atoms with Gasteiger partial charge in [-0.05, 0) is 47.5 Å². The summed E-state index contributed by atoms with van der Waals surface area (Å²) in [5, 5.41) is 15.5. The van der Waals surface area contributed by atoms with Gasteiger partial charge >= 0.3 is 0 Å². The molecule has 1 saturated carbocycles. The molecule has 1 N–H and O–H groups in total. The Kier molecular flexibility index (Phi) is 5.30. The molecule has 1 heterocycles. The fraction of sp³-hybridized carbons (Fsp3) is 0.812. The summed E-state index contributed by atoms with van der Waals surface area (Å²) in [5.74, 6) is 0.615. The predicted molar refractivity (Wildman–Crippen MR) is 85.5 cm³/mol. The van der Waals surface area contributed by atoms with Crippen LogP contribution in [0.1, 0.15) is 71.1 Å². The van der Waals surface area contributed by atoms with Crippen LogP contribution in [0.15, 0.2) is 10.7 Å². The Hall–Kier alpha value is -0.350. The minimum Gasteiger partial charge on any atom is -0.386 e. The number of hydrogen-bond donors (Lipinski definition) is 1. The number of halogens is 1. The summed E-state index contributed by atoms with van der Waals surface area (Å²) < 4.78 is 2.93. The van der Waals surface area contributed by atoms with Crippen molar-refractivity contribution in [3.05, 3.63) is 16.4 Å². The van der Waals surface area contributed by atoms with Crippen molar-refractivity contribution in [3.8, 4) is 0 Å². The minimum absolute atomic E-state index is 0.0439. The van der Waals surface area contributed by atoms with Gasteiger partial charge in [0.1, 0.15) is 6.10 Å². The average molecular weight is 343 g/mol. The van der Waals surface area contributed by atoms with Gasteiger partial charge in [-0.15, -0.1) is 0 Å². The van der Waals surface area contributed by atoms with Crippen molar-refractivity contribution >= 4 is 15.9 Å². The van der Waals surface area contributed by atoms with E-state index >= 15 is 0 Å². The van der Waals surface area contributed by atoms with Gasteiger partial charge in [0.2, 0.25) is 0 Å². The zero-order valence-corrected chi connectivity index (χ0v) is 14.5. The first-order valence-electron chi connectivity index (χ1n) is 7.89. The third kappa shape index (κ3) is 3.11. The molecule has 0 amide bonds. The SMILES string of the molecule is CCCn1ncc(Br)c1C(O)C1(CC(C)C)CCCC1. The summed E-state index contributed by atoms with van der Waals surface area (Å²) in [4.78, 5) is 0. The first-order valence-corrected chi connectivity index (χ1v) is 8.68. The minimum atomic E-state index is -0.407. The highest BCUT2D eigenvalue weighted by Crippen LogP contribution is 2.52. The highest BCUT2D eigenvalue weighted by Gasteiger charge is 2.43. The topological polar surface area (TPSA) is 38.0 Å². The van der Waals surface area contributed by atoms with E-state index in [-0.39, 0.29) is 5.41 Å². The molecule has 0 aliphatic heterocycles. The van der Waals surface area contributed by atoms with Crippen LogP contribution in [0, 0.1) is 11.3 Å². The number of aliphatic hydroxyl groups is 1. The Bertz CT molecular complexity index is 436. The molecule has 0 radical (unpaired) electrons. The molecule has 2 rings (SSSR count). The molecular formula is C16H27BrN2O. The van der Waals surface area contributed by atoms with Crippen LogP contribution in [0.2, 0.25) is 0 Å². The van der Waals surface area contributed by atoms with Crippen LogP contribution >= 0.6 is 15.9 Å². The lowest BCUT2D eigenvalue weighted by Gasteiger charge is -2.36. The van der Waals surface area contributed by atoms with E-state index in [0.29, 0.717) is 5.92 Å². The van der Waals surface area contributed by atoms with Crippen molar-refractivity contribution in [3.63, 3.8) is 0 Å². The van der Waals surface area contributed by atoms with Crippen LogP contribution in [0.5, 0.6) is 0 Å². The van der Waals surface area contributed by atoms with Gasteiger partial charge in [0.25, 0.3) is 0 Å². The maximum absolute atomic E-state index is 11.1. The monoisotopic (exact) mass is 342 g/mol. The third-order valence-electron chi connectivity index (χ3n) is 4.52. The molecular weight excluding hydrogens is 316 g/mol. The van der Waals surface area contributed by atoms with Gasteiger partial charge in [0, 0.05) is 12.0 Å². The zero-order chi connectivity index (χ0) is 14.8. The maximum atomic E-state index is 11.1. The van der Waals surface area contributed by atoms with Crippen molar-refractivity contribution in [2.45, 2.75) is 71.9 Å². The Balaban J connectivity index is 2.32. The Morgan fingerprint density at radius 1 is 1.40 bits per heavy atom. The van der Waals surface area contributed by atoms with Gasteiger partial charge in [-0.2, -0.15) is 5.10 Å². The molecule has 0 bridgehead atoms. The smallest absolute Gasteiger partial charge is 0.102 e. The fourth-order valence-corrected chi connectivity index (χ4v) is 4.32. The summed E-state index contributed by atoms with van der Waals surface area (Å²) in [7, 11) is 0. The van der Waals surface area contributed by atoms with E-state index in [1.54, 1.807) is 0 Å². The lowest BCUT2D eigenvalue weighted by molar-refractivity contribution is 0.00437. The molecule has 1 atom stereocenters. The third-order valence-corrected chi connectivity index (χ3v) is 5.13. The van der Waals surface area contributed by atoms with Crippen molar-refractivity contribution in [1.82, 2.24) is 9.78 Å². The van der Waals surface area contributed by atoms with Gasteiger partial charge < -0.3 is 5.11 Å². The van der Waals surface area contributed by atoms with Crippen molar-refractivity contribution in [2.75, 3.05) is 0 Å². The molecule has 114 valence electrons. The van der Waals surface area contributed by atoms with Crippen LogP contribution in [0.4, 0.5) is 0 Å². The molecule has 0 saturated heterocycles. The summed E-state index contributed by atoms with van der Waals surface area (Å²) >= 11 is 3.58. The molecule has 1 aromatic rings. The van der Waals surface area contributed by atoms with E-state index in [4.69, 9.17) is 0 Å². The normalized spacial score (nSPS) is 19.7. The molecule has 1 aliphatic carbocycles. The molecule has 1 unspecified atom stereocenters. The number of nitrogens with zero attached hydrogens (tertiary/aromatic N) is 2. The van der Waals surface area contributed by atoms with E-state index in [1.165, 1.54) is 12.8 Å². The first kappa shape index (κ1) is 16.0. The van der Waals surface area contributed by atoms with Crippen molar-refractivity contribution < 1.29 is 5.11 Å². The van der Waals surface area contributed by atoms with Crippen LogP contribution < -0.4 is 0 Å². The van der Waals surface area contributed by atoms with Crippen molar-refractivity contribution in [2.24, 2.45) is 11.3 Å². The Labute approximate surface area is 130 Å². The predicted octanol–water partition coefficient (Wildman–Crippen LogP) is 4.70. The van der Waals surface area contributed by atoms with Crippen molar-refractivity contribution in [1.29, 1.82) is 0 Å². The van der Waals surface area contributed by atoms with E-state index in [2.05, 4.69) is 41.8 Å². The lowest BCUT2D eigenvalue weighted by atomic mass is 9.73. The van der Waals surface area contributed by atoms with E-state index in [1.807, 2.05) is 10.9 Å². The number of hydrogen-bond acceptors (Lipinski definition) is 2. The molecule has 0 aromatic carbocycles. The summed E-state index contributed by atoms with van der Waals surface area (Å²) in [5.41, 5.74) is 1.02. The summed E-state index contributed by atoms with van der Waals surface area (Å²) in [6.07, 6.45) is 8.30. The number of rotatable bonds is 6. The van der Waals surface area contributed by atoms with Gasteiger partial charge in [-0.25, -0.2) is 0 Å². The van der Waals surface area contributed by atoms with E-state index in [0.717, 1.165) is 42.4 Å². The molecule has 0 spiro atoms. The van der Waals surface area contributed by atoms with Crippen LogP contribution in [-0.2, 0) is 6.54 Å². The number of aliphatic hydroxyl groups excluding tert-OH is 1. The molecule has 20 heavy (non-hydrogen) atoms. The highest BCUT2D eigenvalue weighted by molar-refractivity contribution is 9.10. The number of aromatic nitrogens is 2. The fourth-order valence-electron chi connectivity index (χ4n) is 3.81. The van der Waals surface area contributed by atoms with Crippen LogP contribution in [0.3, 0.4) is 0 Å². The van der Waals surface area contributed by atoms with Crippen LogP contribution in [0.25, 0.3) is 0 Å². The van der Waals surface area contributed by atoms with Gasteiger partial charge in [0.15, 0.2) is 0 Å². The van der Waals surface area contributed by atoms with E-state index in [9.17, 15) is 5.11 Å². The highest BCUT2D eigenvalue weighted by atomic mass is 79.9. The van der Waals surface area contributed by atoms with Gasteiger partial charge in [-0.1, -0.05) is 33.6 Å². The molecule has 4 heteroatoms. The lowest BCUT2D eigenvalue weighted by Crippen LogP contribution is -2.30. The second kappa shape index (κ2) is 6.61. The maximum Gasteiger partial charge on any atom is 0.102 e. The first-order chi connectivity index (χ1) is 9.50. The average Bonchev–Trinajstić information content (AvgIpc) is 2.97. The Morgan fingerprint density at radius 3 is 2.60 bits per heavy atom. The molecule has 1 aliphatic rings. The standard InChI is InChI=1S/C16H27BrN2O/c1-4-9-19-14(13(17)11-18-19)15(20)16(10-12(2)3)7-5-6-8-16/h11-12,15,20H,4-10H2,1-3H3.